The molecule has 1 aromatic rings. The molecule has 0 spiro atoms. The molecule has 0 aromatic carbocycles. The molecule has 1 heterocycles. The highest BCUT2D eigenvalue weighted by molar-refractivity contribution is 5.71. The van der Waals surface area contributed by atoms with Crippen molar-refractivity contribution in [1.29, 1.82) is 0 Å². The second kappa shape index (κ2) is 7.24. The second-order valence-corrected chi connectivity index (χ2v) is 5.92. The summed E-state index contributed by atoms with van der Waals surface area (Å²) in [4.78, 5) is 15.6. The van der Waals surface area contributed by atoms with Crippen LogP contribution in [0.5, 0.6) is 5.75 Å². The Bertz CT molecular complexity index is 422. The maximum absolute atomic E-state index is 11.3. The van der Waals surface area contributed by atoms with Crippen LogP contribution < -0.4 is 10.1 Å². The van der Waals surface area contributed by atoms with Gasteiger partial charge in [0.15, 0.2) is 6.61 Å². The van der Waals surface area contributed by atoms with E-state index in [4.69, 9.17) is 9.47 Å². The predicted molar refractivity (Wildman–Crippen MR) is 77.6 cm³/mol. The summed E-state index contributed by atoms with van der Waals surface area (Å²) < 4.78 is 10.3. The minimum Gasteiger partial charge on any atom is -0.480 e. The van der Waals surface area contributed by atoms with Gasteiger partial charge in [-0.15, -0.1) is 0 Å². The molecule has 0 radical (unpaired) electrons. The van der Waals surface area contributed by atoms with Crippen LogP contribution >= 0.6 is 0 Å². The van der Waals surface area contributed by atoms with Gasteiger partial charge in [0.1, 0.15) is 5.75 Å². The van der Waals surface area contributed by atoms with Gasteiger partial charge in [-0.2, -0.15) is 0 Å². The van der Waals surface area contributed by atoms with Crippen LogP contribution in [-0.2, 0) is 16.1 Å². The molecular formula is C15H24N2O3. The Labute approximate surface area is 120 Å². The zero-order chi connectivity index (χ0) is 15.2. The Morgan fingerprint density at radius 1 is 1.35 bits per heavy atom. The first-order valence-electron chi connectivity index (χ1n) is 6.78. The molecule has 0 aliphatic heterocycles. The normalized spacial score (nSPS) is 11.5. The molecule has 0 aliphatic carbocycles. The number of pyridine rings is 1. The number of carbonyl (C=O) groups is 1. The molecule has 5 heteroatoms. The smallest absolute Gasteiger partial charge is 0.344 e. The molecule has 0 unspecified atom stereocenters. The van der Waals surface area contributed by atoms with E-state index >= 15 is 0 Å². The molecule has 0 amide bonds. The van der Waals surface area contributed by atoms with E-state index in [-0.39, 0.29) is 24.2 Å². The van der Waals surface area contributed by atoms with Crippen LogP contribution in [0.2, 0.25) is 0 Å². The van der Waals surface area contributed by atoms with Crippen molar-refractivity contribution >= 4 is 5.97 Å². The van der Waals surface area contributed by atoms with Gasteiger partial charge in [0, 0.05) is 12.1 Å². The van der Waals surface area contributed by atoms with E-state index in [1.54, 1.807) is 26.1 Å². The number of aromatic nitrogens is 1. The van der Waals surface area contributed by atoms with Crippen LogP contribution in [0.3, 0.4) is 0 Å². The summed E-state index contributed by atoms with van der Waals surface area (Å²) in [5.41, 5.74) is 0.981. The fraction of sp³-hybridized carbons (Fsp3) is 0.600. The van der Waals surface area contributed by atoms with E-state index in [9.17, 15) is 4.79 Å². The summed E-state index contributed by atoms with van der Waals surface area (Å²) in [6.45, 7) is 10.5. The molecule has 20 heavy (non-hydrogen) atoms. The number of hydrogen-bond donors (Lipinski definition) is 1. The zero-order valence-electron chi connectivity index (χ0n) is 12.9. The average molecular weight is 280 g/mol. The Hall–Kier alpha value is -1.62. The first-order valence-corrected chi connectivity index (χ1v) is 6.78. The van der Waals surface area contributed by atoms with E-state index in [1.165, 1.54) is 0 Å². The first-order chi connectivity index (χ1) is 9.26. The van der Waals surface area contributed by atoms with Crippen molar-refractivity contribution in [3.8, 4) is 5.75 Å². The van der Waals surface area contributed by atoms with Gasteiger partial charge in [-0.3, -0.25) is 4.98 Å². The van der Waals surface area contributed by atoms with Crippen molar-refractivity contribution in [2.24, 2.45) is 0 Å². The molecule has 1 N–H and O–H groups in total. The monoisotopic (exact) mass is 280 g/mol. The van der Waals surface area contributed by atoms with Gasteiger partial charge in [-0.25, -0.2) is 4.79 Å². The third-order valence-electron chi connectivity index (χ3n) is 2.32. The number of hydrogen-bond acceptors (Lipinski definition) is 5. The summed E-state index contributed by atoms with van der Waals surface area (Å²) in [7, 11) is 0. The van der Waals surface area contributed by atoms with Crippen molar-refractivity contribution in [2.75, 3.05) is 6.61 Å². The molecule has 0 fully saturated rings. The molecule has 0 saturated heterocycles. The van der Waals surface area contributed by atoms with Gasteiger partial charge in [0.2, 0.25) is 0 Å². The topological polar surface area (TPSA) is 60.5 Å². The maximum Gasteiger partial charge on any atom is 0.344 e. The van der Waals surface area contributed by atoms with E-state index in [0.29, 0.717) is 12.3 Å². The fourth-order valence-electron chi connectivity index (χ4n) is 1.40. The molecule has 0 aliphatic rings. The lowest BCUT2D eigenvalue weighted by Gasteiger charge is -2.20. The van der Waals surface area contributed by atoms with Crippen LogP contribution in [0.25, 0.3) is 0 Å². The van der Waals surface area contributed by atoms with Gasteiger partial charge in [0.05, 0.1) is 18.0 Å². The van der Waals surface area contributed by atoms with E-state index in [2.05, 4.69) is 31.1 Å². The van der Waals surface area contributed by atoms with Crippen molar-refractivity contribution in [3.05, 3.63) is 24.0 Å². The molecular weight excluding hydrogens is 256 g/mol. The predicted octanol–water partition coefficient (Wildman–Crippen LogP) is 2.30. The van der Waals surface area contributed by atoms with Crippen LogP contribution in [0.15, 0.2) is 18.3 Å². The molecule has 0 atom stereocenters. The summed E-state index contributed by atoms with van der Waals surface area (Å²) in [5, 5.41) is 3.35. The van der Waals surface area contributed by atoms with Crippen molar-refractivity contribution in [1.82, 2.24) is 10.3 Å². The van der Waals surface area contributed by atoms with E-state index in [0.717, 1.165) is 5.69 Å². The van der Waals surface area contributed by atoms with Gasteiger partial charge >= 0.3 is 5.97 Å². The highest BCUT2D eigenvalue weighted by Crippen LogP contribution is 2.10. The highest BCUT2D eigenvalue weighted by Gasteiger charge is 2.09. The average Bonchev–Trinajstić information content (AvgIpc) is 2.33. The number of nitrogens with zero attached hydrogens (tertiary/aromatic N) is 1. The molecule has 1 rings (SSSR count). The number of rotatable bonds is 6. The Morgan fingerprint density at radius 2 is 2.05 bits per heavy atom. The minimum atomic E-state index is -0.376. The highest BCUT2D eigenvalue weighted by atomic mass is 16.6. The van der Waals surface area contributed by atoms with Gasteiger partial charge in [-0.1, -0.05) is 0 Å². The third kappa shape index (κ3) is 7.09. The summed E-state index contributed by atoms with van der Waals surface area (Å²) in [6, 6.07) is 3.68. The van der Waals surface area contributed by atoms with Gasteiger partial charge < -0.3 is 14.8 Å². The van der Waals surface area contributed by atoms with E-state index < -0.39 is 0 Å². The molecule has 112 valence electrons. The zero-order valence-corrected chi connectivity index (χ0v) is 12.9. The second-order valence-electron chi connectivity index (χ2n) is 5.92. The van der Waals surface area contributed by atoms with Crippen LogP contribution in [0.1, 0.15) is 40.3 Å². The lowest BCUT2D eigenvalue weighted by Crippen LogP contribution is -2.35. The molecule has 5 nitrogen and oxygen atoms in total. The maximum atomic E-state index is 11.3. The lowest BCUT2D eigenvalue weighted by atomic mass is 10.1. The summed E-state index contributed by atoms with van der Waals surface area (Å²) in [6.07, 6.45) is 1.48. The fourth-order valence-corrected chi connectivity index (χ4v) is 1.40. The molecule has 0 saturated carbocycles. The van der Waals surface area contributed by atoms with E-state index in [1.807, 2.05) is 6.07 Å². The lowest BCUT2D eigenvalue weighted by molar-refractivity contribution is -0.149. The third-order valence-corrected chi connectivity index (χ3v) is 2.32. The largest absolute Gasteiger partial charge is 0.480 e. The Morgan fingerprint density at radius 3 is 2.55 bits per heavy atom. The Balaban J connectivity index is 2.41. The van der Waals surface area contributed by atoms with Crippen molar-refractivity contribution in [2.45, 2.75) is 52.8 Å². The molecule has 1 aromatic heterocycles. The van der Waals surface area contributed by atoms with Crippen molar-refractivity contribution < 1.29 is 14.3 Å². The quantitative estimate of drug-likeness (QED) is 0.810. The van der Waals surface area contributed by atoms with Gasteiger partial charge in [0.25, 0.3) is 0 Å². The van der Waals surface area contributed by atoms with Crippen LogP contribution in [0, 0.1) is 0 Å². The molecule has 0 bridgehead atoms. The Kier molecular flexibility index (Phi) is 5.95. The van der Waals surface area contributed by atoms with Crippen LogP contribution in [0.4, 0.5) is 0 Å². The van der Waals surface area contributed by atoms with Gasteiger partial charge in [-0.05, 0) is 46.8 Å². The number of nitrogens with one attached hydrogen (secondary N) is 1. The number of ether oxygens (including phenoxy) is 2. The SMILES string of the molecule is CC(C)OC(=O)COc1ccc(CNC(C)(C)C)nc1. The standard InChI is InChI=1S/C15H24N2O3/c1-11(2)20-14(18)10-19-13-7-6-12(16-9-13)8-17-15(3,4)5/h6-7,9,11,17H,8,10H2,1-5H3. The number of esters is 1. The van der Waals surface area contributed by atoms with Crippen LogP contribution in [-0.4, -0.2) is 29.2 Å². The number of carbonyl (C=O) groups excluding carboxylic acids is 1. The summed E-state index contributed by atoms with van der Waals surface area (Å²) in [5.74, 6) is 0.184. The minimum absolute atomic E-state index is 0.0530. The van der Waals surface area contributed by atoms with Crippen molar-refractivity contribution in [3.63, 3.8) is 0 Å². The first kappa shape index (κ1) is 16.4. The summed E-state index contributed by atoms with van der Waals surface area (Å²) >= 11 is 0.